The number of thiophene rings is 1. The maximum absolute atomic E-state index is 12.7. The van der Waals surface area contributed by atoms with Gasteiger partial charge in [0.25, 0.3) is 0 Å². The molecule has 2 aromatic heterocycles. The fourth-order valence-electron chi connectivity index (χ4n) is 6.08. The molecule has 0 radical (unpaired) electrons. The van der Waals surface area contributed by atoms with Gasteiger partial charge in [0.05, 0.1) is 35.0 Å². The minimum atomic E-state index is -0.396. The van der Waals surface area contributed by atoms with Crippen LogP contribution in [0.1, 0.15) is 48.5 Å². The summed E-state index contributed by atoms with van der Waals surface area (Å²) in [5, 5.41) is 10.4. The Labute approximate surface area is 197 Å². The van der Waals surface area contributed by atoms with Crippen LogP contribution in [0.3, 0.4) is 0 Å². The van der Waals surface area contributed by atoms with Crippen LogP contribution in [-0.4, -0.2) is 47.4 Å². The molecule has 7 nitrogen and oxygen atoms in total. The molecule has 1 aromatic carbocycles. The van der Waals surface area contributed by atoms with Gasteiger partial charge in [0.15, 0.2) is 0 Å². The number of methoxy groups -OCH3 is 1. The van der Waals surface area contributed by atoms with E-state index < -0.39 is 5.97 Å². The zero-order valence-corrected chi connectivity index (χ0v) is 19.7. The molecule has 3 heterocycles. The Kier molecular flexibility index (Phi) is 5.10. The van der Waals surface area contributed by atoms with Crippen LogP contribution in [0.5, 0.6) is 0 Å². The SMILES string of the molecule is COC(=O)c1c(N2C[C@@H]3C(CO)[C@@H]3C2)sc(-c2ccc3c(c2)ncn3C2CCCCC2)c1N. The fourth-order valence-corrected chi connectivity index (χ4v) is 7.30. The number of ether oxygens (including phenoxy) is 1. The number of esters is 1. The van der Waals surface area contributed by atoms with Crippen molar-refractivity contribution < 1.29 is 14.6 Å². The monoisotopic (exact) mass is 466 g/mol. The Hall–Kier alpha value is -2.58. The van der Waals surface area contributed by atoms with Crippen molar-refractivity contribution in [3.8, 4) is 10.4 Å². The standard InChI is InChI=1S/C25H30N4O3S/c1-32-25(31)21-22(26)23(33-24(21)28-10-16-17(11-28)18(16)12-30)14-7-8-20-19(9-14)27-13-29(20)15-5-3-2-4-6-15/h7-9,13,15-18,30H,2-6,10-12,26H2,1H3/t16-,17+,18?. The zero-order valence-electron chi connectivity index (χ0n) is 18.9. The molecule has 6 rings (SSSR count). The number of carbonyl (C=O) groups excluding carboxylic acids is 1. The lowest BCUT2D eigenvalue weighted by atomic mass is 9.95. The van der Waals surface area contributed by atoms with E-state index in [1.54, 1.807) is 11.3 Å². The molecule has 3 fully saturated rings. The van der Waals surface area contributed by atoms with Gasteiger partial charge in [-0.05, 0) is 48.3 Å². The molecule has 0 spiro atoms. The molecule has 3 atom stereocenters. The summed E-state index contributed by atoms with van der Waals surface area (Å²) in [5.41, 5.74) is 10.6. The molecular weight excluding hydrogens is 436 g/mol. The first-order valence-electron chi connectivity index (χ1n) is 11.9. The average molecular weight is 467 g/mol. The van der Waals surface area contributed by atoms with Crippen LogP contribution in [-0.2, 0) is 4.74 Å². The summed E-state index contributed by atoms with van der Waals surface area (Å²) >= 11 is 1.56. The Morgan fingerprint density at radius 3 is 2.70 bits per heavy atom. The quantitative estimate of drug-likeness (QED) is 0.544. The number of hydrogen-bond acceptors (Lipinski definition) is 7. The van der Waals surface area contributed by atoms with E-state index in [0.717, 1.165) is 39.6 Å². The van der Waals surface area contributed by atoms with Crippen molar-refractivity contribution in [3.63, 3.8) is 0 Å². The molecule has 0 amide bonds. The van der Waals surface area contributed by atoms with Crippen molar-refractivity contribution in [1.82, 2.24) is 9.55 Å². The van der Waals surface area contributed by atoms with Crippen molar-refractivity contribution in [2.24, 2.45) is 17.8 Å². The van der Waals surface area contributed by atoms with Crippen LogP contribution in [0.15, 0.2) is 24.5 Å². The molecular formula is C25H30N4O3S. The number of anilines is 2. The third-order valence-electron chi connectivity index (χ3n) is 7.99. The number of nitrogens with two attached hydrogens (primary N) is 1. The molecule has 174 valence electrons. The summed E-state index contributed by atoms with van der Waals surface area (Å²) < 4.78 is 7.42. The van der Waals surface area contributed by atoms with Gasteiger partial charge in [0, 0.05) is 25.7 Å². The number of fused-ring (bicyclic) bond motifs is 2. The number of hydrogen-bond donors (Lipinski definition) is 2. The predicted molar refractivity (Wildman–Crippen MR) is 131 cm³/mol. The van der Waals surface area contributed by atoms with Crippen LogP contribution in [0, 0.1) is 17.8 Å². The van der Waals surface area contributed by atoms with Gasteiger partial charge in [-0.2, -0.15) is 0 Å². The van der Waals surface area contributed by atoms with E-state index in [9.17, 15) is 9.90 Å². The van der Waals surface area contributed by atoms with Crippen molar-refractivity contribution in [2.75, 3.05) is 37.4 Å². The molecule has 2 aliphatic carbocycles. The van der Waals surface area contributed by atoms with E-state index >= 15 is 0 Å². The number of imidazole rings is 1. The summed E-state index contributed by atoms with van der Waals surface area (Å²) in [5.74, 6) is 1.02. The first-order chi connectivity index (χ1) is 16.1. The highest BCUT2D eigenvalue weighted by atomic mass is 32.1. The fraction of sp³-hybridized carbons (Fsp3) is 0.520. The van der Waals surface area contributed by atoms with E-state index in [0.29, 0.717) is 35.0 Å². The van der Waals surface area contributed by atoms with Crippen molar-refractivity contribution >= 4 is 39.0 Å². The summed E-state index contributed by atoms with van der Waals surface area (Å²) in [7, 11) is 1.40. The number of piperidine rings is 1. The van der Waals surface area contributed by atoms with Crippen LogP contribution in [0.2, 0.25) is 0 Å². The highest BCUT2D eigenvalue weighted by molar-refractivity contribution is 7.20. The van der Waals surface area contributed by atoms with E-state index in [1.807, 2.05) is 6.33 Å². The number of rotatable bonds is 5. The number of carbonyl (C=O) groups is 1. The average Bonchev–Trinajstić information content (AvgIpc) is 3.22. The minimum absolute atomic E-state index is 0.248. The molecule has 0 bridgehead atoms. The first-order valence-corrected chi connectivity index (χ1v) is 12.8. The van der Waals surface area contributed by atoms with Crippen LogP contribution in [0.25, 0.3) is 21.5 Å². The van der Waals surface area contributed by atoms with Gasteiger partial charge in [-0.1, -0.05) is 25.3 Å². The van der Waals surface area contributed by atoms with Crippen LogP contribution >= 0.6 is 11.3 Å². The summed E-state index contributed by atoms with van der Waals surface area (Å²) in [4.78, 5) is 20.5. The number of nitrogens with zero attached hydrogens (tertiary/aromatic N) is 3. The molecule has 3 N–H and O–H groups in total. The molecule has 3 aliphatic rings. The largest absolute Gasteiger partial charge is 0.465 e. The molecule has 1 aliphatic heterocycles. The second kappa shape index (κ2) is 8.02. The third kappa shape index (κ3) is 3.34. The van der Waals surface area contributed by atoms with E-state index in [2.05, 4.69) is 27.7 Å². The highest BCUT2D eigenvalue weighted by Gasteiger charge is 2.55. The van der Waals surface area contributed by atoms with Gasteiger partial charge >= 0.3 is 5.97 Å². The topological polar surface area (TPSA) is 93.6 Å². The molecule has 3 aromatic rings. The van der Waals surface area contributed by atoms with Gasteiger partial charge in [-0.25, -0.2) is 9.78 Å². The second-order valence-electron chi connectivity index (χ2n) is 9.74. The molecule has 8 heteroatoms. The Balaban J connectivity index is 1.36. The number of benzene rings is 1. The Bertz CT molecular complexity index is 1200. The number of aliphatic hydroxyl groups is 1. The summed E-state index contributed by atoms with van der Waals surface area (Å²) in [6.07, 6.45) is 8.29. The van der Waals surface area contributed by atoms with Gasteiger partial charge < -0.3 is 25.0 Å². The first kappa shape index (κ1) is 21.0. The molecule has 1 saturated heterocycles. The second-order valence-corrected chi connectivity index (χ2v) is 10.7. The van der Waals surface area contributed by atoms with E-state index in [4.69, 9.17) is 15.5 Å². The lowest BCUT2D eigenvalue weighted by Gasteiger charge is -2.23. The third-order valence-corrected chi connectivity index (χ3v) is 9.31. The lowest BCUT2D eigenvalue weighted by Crippen LogP contribution is -2.25. The maximum Gasteiger partial charge on any atom is 0.343 e. The van der Waals surface area contributed by atoms with Crippen LogP contribution < -0.4 is 10.6 Å². The number of aromatic nitrogens is 2. The summed E-state index contributed by atoms with van der Waals surface area (Å²) in [6, 6.07) is 6.85. The molecule has 1 unspecified atom stereocenters. The van der Waals surface area contributed by atoms with Gasteiger partial charge in [-0.15, -0.1) is 11.3 Å². The smallest absolute Gasteiger partial charge is 0.343 e. The minimum Gasteiger partial charge on any atom is -0.465 e. The Morgan fingerprint density at radius 1 is 1.24 bits per heavy atom. The zero-order chi connectivity index (χ0) is 22.7. The van der Waals surface area contributed by atoms with E-state index in [1.165, 1.54) is 39.2 Å². The summed E-state index contributed by atoms with van der Waals surface area (Å²) in [6.45, 7) is 1.95. The van der Waals surface area contributed by atoms with Gasteiger partial charge in [-0.3, -0.25) is 0 Å². The molecule has 2 saturated carbocycles. The van der Waals surface area contributed by atoms with Crippen LogP contribution in [0.4, 0.5) is 10.7 Å². The lowest BCUT2D eigenvalue weighted by molar-refractivity contribution is 0.0603. The van der Waals surface area contributed by atoms with E-state index in [-0.39, 0.29) is 6.61 Å². The highest BCUT2D eigenvalue weighted by Crippen LogP contribution is 2.55. The van der Waals surface area contributed by atoms with Crippen molar-refractivity contribution in [3.05, 3.63) is 30.1 Å². The Morgan fingerprint density at radius 2 is 2.00 bits per heavy atom. The molecule has 33 heavy (non-hydrogen) atoms. The maximum atomic E-state index is 12.7. The number of nitrogen functional groups attached to an aromatic ring is 1. The normalized spacial score (nSPS) is 24.9. The van der Waals surface area contributed by atoms with Gasteiger partial charge in [0.1, 0.15) is 10.6 Å². The predicted octanol–water partition coefficient (Wildman–Crippen LogP) is 4.31. The number of aliphatic hydroxyl groups excluding tert-OH is 1. The van der Waals surface area contributed by atoms with Gasteiger partial charge in [0.2, 0.25) is 0 Å². The van der Waals surface area contributed by atoms with Crippen molar-refractivity contribution in [1.29, 1.82) is 0 Å². The van der Waals surface area contributed by atoms with Crippen molar-refractivity contribution in [2.45, 2.75) is 38.1 Å².